The summed E-state index contributed by atoms with van der Waals surface area (Å²) in [6.07, 6.45) is 0.960. The highest BCUT2D eigenvalue weighted by atomic mass is 32.2. The minimum Gasteiger partial charge on any atom is -0.354 e. The molecule has 0 unspecified atom stereocenters. The lowest BCUT2D eigenvalue weighted by Gasteiger charge is -2.34. The van der Waals surface area contributed by atoms with E-state index < -0.39 is 34.5 Å². The van der Waals surface area contributed by atoms with E-state index in [4.69, 9.17) is 0 Å². The Morgan fingerprint density at radius 1 is 0.872 bits per heavy atom. The van der Waals surface area contributed by atoms with Crippen LogP contribution < -0.4 is 9.62 Å². The summed E-state index contributed by atoms with van der Waals surface area (Å²) in [5.41, 5.74) is 1.78. The van der Waals surface area contributed by atoms with Crippen molar-refractivity contribution in [1.29, 1.82) is 0 Å². The fourth-order valence-corrected chi connectivity index (χ4v) is 5.08. The first kappa shape index (κ1) is 29.8. The maximum Gasteiger partial charge on any atom is 0.304 e. The molecule has 0 bridgehead atoms. The average molecular weight is 555 g/mol. The van der Waals surface area contributed by atoms with Crippen LogP contribution in [0.5, 0.6) is 0 Å². The molecule has 0 saturated carbocycles. The second-order valence-corrected chi connectivity index (χ2v) is 11.3. The zero-order chi connectivity index (χ0) is 28.4. The van der Waals surface area contributed by atoms with Crippen molar-refractivity contribution in [3.05, 3.63) is 102 Å². The highest BCUT2D eigenvalue weighted by molar-refractivity contribution is 7.90. The SMILES string of the molecule is CCCNC(=O)[C@@H](Cc1ccccc1)N(Cc1ccccc1)C(=O)CN(c1ccc(F)cc1)S(=O)(=O)N(C)C. The van der Waals surface area contributed by atoms with Crippen LogP contribution in [0.15, 0.2) is 84.9 Å². The van der Waals surface area contributed by atoms with E-state index in [9.17, 15) is 22.4 Å². The van der Waals surface area contributed by atoms with Crippen LogP contribution in [-0.4, -0.2) is 62.7 Å². The number of carbonyl (C=O) groups excluding carboxylic acids is 2. The number of halogens is 1. The third kappa shape index (κ3) is 8.11. The molecule has 3 aromatic rings. The molecule has 0 heterocycles. The second kappa shape index (κ2) is 13.9. The molecule has 0 fully saturated rings. The van der Waals surface area contributed by atoms with Crippen molar-refractivity contribution >= 4 is 27.7 Å². The van der Waals surface area contributed by atoms with Crippen LogP contribution in [0, 0.1) is 5.82 Å². The van der Waals surface area contributed by atoms with Gasteiger partial charge in [0.05, 0.1) is 5.69 Å². The van der Waals surface area contributed by atoms with Crippen LogP contribution >= 0.6 is 0 Å². The van der Waals surface area contributed by atoms with Gasteiger partial charge >= 0.3 is 10.2 Å². The summed E-state index contributed by atoms with van der Waals surface area (Å²) in [7, 11) is -1.42. The second-order valence-electron chi connectivity index (χ2n) is 9.28. The van der Waals surface area contributed by atoms with Gasteiger partial charge in [-0.15, -0.1) is 0 Å². The highest BCUT2D eigenvalue weighted by Gasteiger charge is 2.34. The summed E-state index contributed by atoms with van der Waals surface area (Å²) < 4.78 is 42.1. The number of anilines is 1. The van der Waals surface area contributed by atoms with Crippen molar-refractivity contribution in [2.24, 2.45) is 0 Å². The fourth-order valence-electron chi connectivity index (χ4n) is 4.02. The number of hydrogen-bond donors (Lipinski definition) is 1. The Kier molecular flexibility index (Phi) is 10.6. The molecule has 3 aromatic carbocycles. The van der Waals surface area contributed by atoms with Gasteiger partial charge in [-0.3, -0.25) is 9.59 Å². The van der Waals surface area contributed by atoms with Gasteiger partial charge < -0.3 is 10.2 Å². The molecule has 0 aliphatic rings. The quantitative estimate of drug-likeness (QED) is 0.350. The van der Waals surface area contributed by atoms with Gasteiger partial charge in [-0.25, -0.2) is 8.70 Å². The average Bonchev–Trinajstić information content (AvgIpc) is 2.93. The van der Waals surface area contributed by atoms with E-state index in [-0.39, 0.29) is 24.6 Å². The zero-order valence-electron chi connectivity index (χ0n) is 22.5. The Bertz CT molecular complexity index is 1320. The first-order valence-electron chi connectivity index (χ1n) is 12.7. The van der Waals surface area contributed by atoms with E-state index in [1.807, 2.05) is 67.6 Å². The number of hydrogen-bond acceptors (Lipinski definition) is 4. The largest absolute Gasteiger partial charge is 0.354 e. The Morgan fingerprint density at radius 2 is 1.44 bits per heavy atom. The van der Waals surface area contributed by atoms with E-state index in [0.717, 1.165) is 38.3 Å². The van der Waals surface area contributed by atoms with Crippen LogP contribution in [0.1, 0.15) is 24.5 Å². The Hall–Kier alpha value is -3.76. The van der Waals surface area contributed by atoms with Crippen molar-refractivity contribution in [2.45, 2.75) is 32.4 Å². The summed E-state index contributed by atoms with van der Waals surface area (Å²) >= 11 is 0. The van der Waals surface area contributed by atoms with Gasteiger partial charge in [0, 0.05) is 33.6 Å². The van der Waals surface area contributed by atoms with E-state index >= 15 is 0 Å². The molecule has 208 valence electrons. The van der Waals surface area contributed by atoms with Crippen LogP contribution in [0.2, 0.25) is 0 Å². The van der Waals surface area contributed by atoms with Crippen LogP contribution in [0.3, 0.4) is 0 Å². The minimum absolute atomic E-state index is 0.0932. The molecule has 0 saturated heterocycles. The van der Waals surface area contributed by atoms with Crippen molar-refractivity contribution in [3.8, 4) is 0 Å². The fraction of sp³-hybridized carbons (Fsp3) is 0.310. The van der Waals surface area contributed by atoms with Crippen molar-refractivity contribution < 1.29 is 22.4 Å². The van der Waals surface area contributed by atoms with E-state index in [0.29, 0.717) is 6.54 Å². The molecule has 1 atom stereocenters. The lowest BCUT2D eigenvalue weighted by molar-refractivity contribution is -0.140. The molecule has 2 amide bonds. The Balaban J connectivity index is 2.05. The number of rotatable bonds is 13. The van der Waals surface area contributed by atoms with Crippen LogP contribution in [0.25, 0.3) is 0 Å². The van der Waals surface area contributed by atoms with Gasteiger partial charge in [0.2, 0.25) is 11.8 Å². The number of amides is 2. The maximum absolute atomic E-state index is 14.0. The van der Waals surface area contributed by atoms with Crippen molar-refractivity contribution in [3.63, 3.8) is 0 Å². The topological polar surface area (TPSA) is 90.0 Å². The molecule has 10 heteroatoms. The molecule has 39 heavy (non-hydrogen) atoms. The summed E-state index contributed by atoms with van der Waals surface area (Å²) in [5, 5.41) is 2.90. The van der Waals surface area contributed by atoms with Gasteiger partial charge in [0.25, 0.3) is 0 Å². The van der Waals surface area contributed by atoms with Crippen molar-refractivity contribution in [2.75, 3.05) is 31.5 Å². The number of nitrogens with zero attached hydrogens (tertiary/aromatic N) is 3. The number of carbonyl (C=O) groups is 2. The van der Waals surface area contributed by atoms with Gasteiger partial charge in [0.15, 0.2) is 0 Å². The smallest absolute Gasteiger partial charge is 0.304 e. The van der Waals surface area contributed by atoms with Crippen LogP contribution in [0.4, 0.5) is 10.1 Å². The predicted octanol–water partition coefficient (Wildman–Crippen LogP) is 3.60. The first-order chi connectivity index (χ1) is 18.6. The summed E-state index contributed by atoms with van der Waals surface area (Å²) in [5.74, 6) is -1.43. The van der Waals surface area contributed by atoms with Crippen molar-refractivity contribution in [1.82, 2.24) is 14.5 Å². The molecule has 0 radical (unpaired) electrons. The van der Waals surface area contributed by atoms with E-state index in [1.165, 1.54) is 31.1 Å². The van der Waals surface area contributed by atoms with Gasteiger partial charge in [-0.05, 0) is 41.8 Å². The summed E-state index contributed by atoms with van der Waals surface area (Å²) in [4.78, 5) is 28.9. The third-order valence-electron chi connectivity index (χ3n) is 6.15. The first-order valence-corrected chi connectivity index (χ1v) is 14.1. The molecule has 0 aliphatic heterocycles. The van der Waals surface area contributed by atoms with E-state index in [1.54, 1.807) is 0 Å². The lowest BCUT2D eigenvalue weighted by atomic mass is 10.0. The van der Waals surface area contributed by atoms with Gasteiger partial charge in [-0.2, -0.15) is 12.7 Å². The molecule has 1 N–H and O–H groups in total. The monoisotopic (exact) mass is 554 g/mol. The molecular formula is C29H35FN4O4S. The van der Waals surface area contributed by atoms with Gasteiger partial charge in [-0.1, -0.05) is 67.6 Å². The maximum atomic E-state index is 14.0. The molecule has 0 aromatic heterocycles. The van der Waals surface area contributed by atoms with E-state index in [2.05, 4.69) is 5.32 Å². The Morgan fingerprint density at radius 3 is 1.97 bits per heavy atom. The third-order valence-corrected chi connectivity index (χ3v) is 7.97. The lowest BCUT2D eigenvalue weighted by Crippen LogP contribution is -2.54. The summed E-state index contributed by atoms with van der Waals surface area (Å²) in [6, 6.07) is 22.6. The zero-order valence-corrected chi connectivity index (χ0v) is 23.3. The number of nitrogens with one attached hydrogen (secondary N) is 1. The molecule has 3 rings (SSSR count). The minimum atomic E-state index is -4.13. The highest BCUT2D eigenvalue weighted by Crippen LogP contribution is 2.22. The number of benzene rings is 3. The Labute approximate surface area is 230 Å². The molecule has 0 spiro atoms. The normalized spacial score (nSPS) is 12.1. The van der Waals surface area contributed by atoms with Gasteiger partial charge in [0.1, 0.15) is 18.4 Å². The molecule has 8 nitrogen and oxygen atoms in total. The predicted molar refractivity (Wildman–Crippen MR) is 151 cm³/mol. The molecular weight excluding hydrogens is 519 g/mol. The molecule has 0 aliphatic carbocycles. The summed E-state index contributed by atoms with van der Waals surface area (Å²) in [6.45, 7) is 1.89. The van der Waals surface area contributed by atoms with Crippen LogP contribution in [-0.2, 0) is 32.8 Å². The standard InChI is InChI=1S/C29H35FN4O4S/c1-4-19-31-29(36)27(20-23-11-7-5-8-12-23)33(21-24-13-9-6-10-14-24)28(35)22-34(39(37,38)32(2)3)26-17-15-25(30)16-18-26/h5-18,27H,4,19-22H2,1-3H3,(H,31,36)/t27-/m1/s1.